The lowest BCUT2D eigenvalue weighted by molar-refractivity contribution is -0.123. The topological polar surface area (TPSA) is 127 Å². The molecule has 2 amide bonds. The third-order valence-corrected chi connectivity index (χ3v) is 3.95. The molecule has 0 aliphatic rings. The van der Waals surface area contributed by atoms with E-state index in [-0.39, 0.29) is 19.6 Å². The molecular weight excluding hydrogens is 392 g/mol. The normalized spacial score (nSPS) is 13.4. The highest BCUT2D eigenvalue weighted by Gasteiger charge is 2.21. The quantitative estimate of drug-likeness (QED) is 0.557. The van der Waals surface area contributed by atoms with Crippen LogP contribution in [0.4, 0.5) is 4.79 Å². The first-order valence-corrected chi connectivity index (χ1v) is 9.65. The molecule has 0 aliphatic carbocycles. The standard InChI is InChI=1S/C21H28N2O7/c1-13(23-20(27)30-21(2,3)4)19(26)22-12-15(24)9-10-28-16-7-5-14-6-8-18(25)29-17(14)11-16/h5-8,11,13,15,24H,9-10,12H2,1-4H3,(H,22,26)(H,23,27). The fraction of sp³-hybridized carbons (Fsp3) is 0.476. The molecule has 3 N–H and O–H groups in total. The highest BCUT2D eigenvalue weighted by molar-refractivity contribution is 5.85. The predicted octanol–water partition coefficient (Wildman–Crippen LogP) is 1.95. The molecule has 2 unspecified atom stereocenters. The van der Waals surface area contributed by atoms with Gasteiger partial charge in [0.05, 0.1) is 12.7 Å². The lowest BCUT2D eigenvalue weighted by Gasteiger charge is -2.22. The first-order valence-electron chi connectivity index (χ1n) is 9.65. The van der Waals surface area contributed by atoms with Gasteiger partial charge in [0.25, 0.3) is 0 Å². The Kier molecular flexibility index (Phi) is 7.82. The van der Waals surface area contributed by atoms with Crippen LogP contribution in [0.15, 0.2) is 39.5 Å². The summed E-state index contributed by atoms with van der Waals surface area (Å²) in [4.78, 5) is 35.0. The SMILES string of the molecule is CC(NC(=O)OC(C)(C)C)C(=O)NCC(O)CCOc1ccc2ccc(=O)oc2c1. The first kappa shape index (κ1) is 23.2. The summed E-state index contributed by atoms with van der Waals surface area (Å²) < 4.78 is 15.8. The number of rotatable bonds is 8. The van der Waals surface area contributed by atoms with Crippen molar-refractivity contribution in [2.45, 2.75) is 51.9 Å². The zero-order valence-corrected chi connectivity index (χ0v) is 17.6. The van der Waals surface area contributed by atoms with Crippen LogP contribution < -0.4 is 21.0 Å². The first-order chi connectivity index (χ1) is 14.0. The summed E-state index contributed by atoms with van der Waals surface area (Å²) in [5.41, 5.74) is -0.687. The molecule has 1 aromatic heterocycles. The van der Waals surface area contributed by atoms with Gasteiger partial charge >= 0.3 is 11.7 Å². The molecule has 9 nitrogen and oxygen atoms in total. The molecule has 1 aromatic carbocycles. The molecular formula is C21H28N2O7. The molecule has 0 saturated heterocycles. The van der Waals surface area contributed by atoms with Crippen molar-refractivity contribution in [1.29, 1.82) is 0 Å². The van der Waals surface area contributed by atoms with Crippen molar-refractivity contribution >= 4 is 23.0 Å². The van der Waals surface area contributed by atoms with E-state index in [1.807, 2.05) is 0 Å². The van der Waals surface area contributed by atoms with E-state index in [0.717, 1.165) is 5.39 Å². The van der Waals surface area contributed by atoms with E-state index in [0.29, 0.717) is 11.3 Å². The van der Waals surface area contributed by atoms with Crippen molar-refractivity contribution in [3.8, 4) is 5.75 Å². The lowest BCUT2D eigenvalue weighted by Crippen LogP contribution is -2.48. The highest BCUT2D eigenvalue weighted by atomic mass is 16.6. The number of alkyl carbamates (subject to hydrolysis) is 1. The number of aliphatic hydroxyl groups excluding tert-OH is 1. The van der Waals surface area contributed by atoms with Crippen molar-refractivity contribution in [3.05, 3.63) is 40.8 Å². The fourth-order valence-electron chi connectivity index (χ4n) is 2.47. The van der Waals surface area contributed by atoms with Gasteiger partial charge in [-0.3, -0.25) is 4.79 Å². The van der Waals surface area contributed by atoms with Gasteiger partial charge in [-0.1, -0.05) is 0 Å². The van der Waals surface area contributed by atoms with Crippen LogP contribution in [-0.4, -0.2) is 48.0 Å². The van der Waals surface area contributed by atoms with Gasteiger partial charge in [0.1, 0.15) is 23.0 Å². The zero-order chi connectivity index (χ0) is 22.3. The Balaban J connectivity index is 1.71. The molecule has 9 heteroatoms. The average Bonchev–Trinajstić information content (AvgIpc) is 2.64. The number of benzene rings is 1. The van der Waals surface area contributed by atoms with E-state index >= 15 is 0 Å². The van der Waals surface area contributed by atoms with Crippen molar-refractivity contribution in [1.82, 2.24) is 10.6 Å². The summed E-state index contributed by atoms with van der Waals surface area (Å²) in [6.07, 6.45) is -1.25. The second kappa shape index (κ2) is 10.1. The van der Waals surface area contributed by atoms with E-state index in [1.165, 1.54) is 13.0 Å². The van der Waals surface area contributed by atoms with Gasteiger partial charge in [-0.15, -0.1) is 0 Å². The van der Waals surface area contributed by atoms with E-state index in [2.05, 4.69) is 10.6 Å². The second-order valence-electron chi connectivity index (χ2n) is 7.86. The Morgan fingerprint density at radius 2 is 1.90 bits per heavy atom. The molecule has 2 atom stereocenters. The summed E-state index contributed by atoms with van der Waals surface area (Å²) in [6.45, 7) is 6.91. The largest absolute Gasteiger partial charge is 0.493 e. The van der Waals surface area contributed by atoms with Crippen LogP contribution in [0.1, 0.15) is 34.1 Å². The van der Waals surface area contributed by atoms with Gasteiger partial charge in [0, 0.05) is 30.5 Å². The molecule has 0 spiro atoms. The molecule has 0 radical (unpaired) electrons. The molecule has 0 fully saturated rings. The Morgan fingerprint density at radius 3 is 2.60 bits per heavy atom. The molecule has 2 aromatic rings. The molecule has 30 heavy (non-hydrogen) atoms. The maximum atomic E-state index is 12.0. The van der Waals surface area contributed by atoms with Crippen molar-refractivity contribution in [3.63, 3.8) is 0 Å². The number of aliphatic hydroxyl groups is 1. The van der Waals surface area contributed by atoms with Crippen LogP contribution in [0.25, 0.3) is 11.0 Å². The van der Waals surface area contributed by atoms with Gasteiger partial charge in [-0.05, 0) is 45.9 Å². The van der Waals surface area contributed by atoms with E-state index in [1.54, 1.807) is 45.0 Å². The van der Waals surface area contributed by atoms with Gasteiger partial charge in [0.2, 0.25) is 5.91 Å². The minimum Gasteiger partial charge on any atom is -0.493 e. The molecule has 0 aliphatic heterocycles. The minimum atomic E-state index is -0.832. The van der Waals surface area contributed by atoms with Crippen molar-refractivity contribution in [2.75, 3.05) is 13.2 Å². The summed E-state index contributed by atoms with van der Waals surface area (Å²) in [5.74, 6) is 0.0636. The van der Waals surface area contributed by atoms with Crippen LogP contribution in [0, 0.1) is 0 Å². The third-order valence-electron chi connectivity index (χ3n) is 3.95. The van der Waals surface area contributed by atoms with Crippen molar-refractivity contribution in [2.24, 2.45) is 0 Å². The smallest absolute Gasteiger partial charge is 0.408 e. The fourth-order valence-corrected chi connectivity index (χ4v) is 2.47. The van der Waals surface area contributed by atoms with Gasteiger partial charge in [-0.2, -0.15) is 0 Å². The molecule has 0 bridgehead atoms. The number of carbonyl (C=O) groups is 2. The number of amides is 2. The molecule has 0 saturated carbocycles. The van der Waals surface area contributed by atoms with Crippen LogP contribution in [0.2, 0.25) is 0 Å². The van der Waals surface area contributed by atoms with Crippen LogP contribution in [0.5, 0.6) is 5.75 Å². The van der Waals surface area contributed by atoms with E-state index in [4.69, 9.17) is 13.9 Å². The number of nitrogens with one attached hydrogen (secondary N) is 2. The molecule has 2 rings (SSSR count). The number of carbonyl (C=O) groups excluding carboxylic acids is 2. The number of hydrogen-bond donors (Lipinski definition) is 3. The Morgan fingerprint density at radius 1 is 1.20 bits per heavy atom. The maximum absolute atomic E-state index is 12.0. The Hall–Kier alpha value is -3.07. The summed E-state index contributed by atoms with van der Waals surface area (Å²) in [5, 5.41) is 15.8. The van der Waals surface area contributed by atoms with Crippen LogP contribution in [0.3, 0.4) is 0 Å². The second-order valence-corrected chi connectivity index (χ2v) is 7.86. The number of hydrogen-bond acceptors (Lipinski definition) is 7. The van der Waals surface area contributed by atoms with Gasteiger partial charge in [0.15, 0.2) is 0 Å². The van der Waals surface area contributed by atoms with E-state index < -0.39 is 35.4 Å². The summed E-state index contributed by atoms with van der Waals surface area (Å²) in [6, 6.07) is 7.31. The average molecular weight is 420 g/mol. The summed E-state index contributed by atoms with van der Waals surface area (Å²) >= 11 is 0. The van der Waals surface area contributed by atoms with Crippen molar-refractivity contribution < 1.29 is 28.6 Å². The maximum Gasteiger partial charge on any atom is 0.408 e. The minimum absolute atomic E-state index is 0.00905. The van der Waals surface area contributed by atoms with Gasteiger partial charge < -0.3 is 29.6 Å². The van der Waals surface area contributed by atoms with Crippen LogP contribution >= 0.6 is 0 Å². The number of fused-ring (bicyclic) bond motifs is 1. The predicted molar refractivity (Wildman–Crippen MR) is 110 cm³/mol. The monoisotopic (exact) mass is 420 g/mol. The Labute approximate surface area is 174 Å². The highest BCUT2D eigenvalue weighted by Crippen LogP contribution is 2.19. The Bertz CT molecular complexity index is 933. The zero-order valence-electron chi connectivity index (χ0n) is 17.6. The summed E-state index contributed by atoms with van der Waals surface area (Å²) in [7, 11) is 0. The van der Waals surface area contributed by atoms with E-state index in [9.17, 15) is 19.5 Å². The molecule has 164 valence electrons. The van der Waals surface area contributed by atoms with Gasteiger partial charge in [-0.25, -0.2) is 9.59 Å². The van der Waals surface area contributed by atoms with Crippen LogP contribution in [-0.2, 0) is 9.53 Å². The number of ether oxygens (including phenoxy) is 2. The molecule has 1 heterocycles. The third kappa shape index (κ3) is 7.75. The lowest BCUT2D eigenvalue weighted by atomic mass is 10.2.